The number of carbonyl (C=O) groups is 1. The van der Waals surface area contributed by atoms with E-state index in [9.17, 15) is 4.79 Å². The van der Waals surface area contributed by atoms with Gasteiger partial charge in [-0.15, -0.1) is 0 Å². The van der Waals surface area contributed by atoms with E-state index in [2.05, 4.69) is 22.1 Å². The van der Waals surface area contributed by atoms with Crippen molar-refractivity contribution in [1.29, 1.82) is 0 Å². The molecule has 0 saturated carbocycles. The van der Waals surface area contributed by atoms with Crippen molar-refractivity contribution >= 4 is 11.7 Å². The smallest absolute Gasteiger partial charge is 0.254 e. The lowest BCUT2D eigenvalue weighted by molar-refractivity contribution is -0.124. The number of pyridine rings is 1. The molecule has 0 aliphatic rings. The fraction of sp³-hybridized carbons (Fsp3) is 0.333. The number of anilines is 1. The quantitative estimate of drug-likeness (QED) is 0.742. The van der Waals surface area contributed by atoms with Crippen molar-refractivity contribution in [2.24, 2.45) is 0 Å². The Balaban J connectivity index is 2.75. The number of aliphatic hydroxyl groups is 1. The van der Waals surface area contributed by atoms with Gasteiger partial charge in [-0.3, -0.25) is 4.79 Å². The molecule has 1 aromatic heterocycles. The maximum Gasteiger partial charge on any atom is 0.254 e. The van der Waals surface area contributed by atoms with E-state index in [0.717, 1.165) is 0 Å². The van der Waals surface area contributed by atoms with Crippen LogP contribution in [-0.4, -0.2) is 35.8 Å². The van der Waals surface area contributed by atoms with Crippen molar-refractivity contribution in [2.75, 3.05) is 19.0 Å². The van der Waals surface area contributed by atoms with Gasteiger partial charge in [-0.2, -0.15) is 0 Å². The molecule has 1 rings (SSSR count). The second kappa shape index (κ2) is 6.63. The molecule has 0 aliphatic heterocycles. The molecule has 1 unspecified atom stereocenters. The number of aliphatic hydroxyl groups excluding tert-OH is 1. The first-order valence-electron chi connectivity index (χ1n) is 5.08. The highest BCUT2D eigenvalue weighted by Crippen LogP contribution is 2.05. The van der Waals surface area contributed by atoms with E-state index in [1.54, 1.807) is 25.1 Å². The van der Waals surface area contributed by atoms with Gasteiger partial charge in [0.25, 0.3) is 5.91 Å². The molecule has 1 atom stereocenters. The monoisotopic (exact) mass is 234 g/mol. The van der Waals surface area contributed by atoms with E-state index in [1.807, 2.05) is 0 Å². The first-order valence-corrected chi connectivity index (χ1v) is 5.08. The van der Waals surface area contributed by atoms with Crippen molar-refractivity contribution in [2.45, 2.75) is 13.0 Å². The van der Waals surface area contributed by atoms with Crippen molar-refractivity contribution in [3.05, 3.63) is 23.9 Å². The molecule has 1 heterocycles. The topological polar surface area (TPSA) is 71.5 Å². The molecule has 5 nitrogen and oxygen atoms in total. The van der Waals surface area contributed by atoms with Crippen LogP contribution in [0.3, 0.4) is 0 Å². The normalized spacial score (nSPS) is 11.2. The summed E-state index contributed by atoms with van der Waals surface area (Å²) in [6.45, 7) is 1.42. The maximum atomic E-state index is 11.5. The van der Waals surface area contributed by atoms with Gasteiger partial charge >= 0.3 is 0 Å². The summed E-state index contributed by atoms with van der Waals surface area (Å²) in [6.07, 6.45) is -0.538. The minimum Gasteiger partial charge on any atom is -0.384 e. The van der Waals surface area contributed by atoms with Gasteiger partial charge in [0.05, 0.1) is 0 Å². The Morgan fingerprint density at radius 1 is 1.65 bits per heavy atom. The van der Waals surface area contributed by atoms with Gasteiger partial charge in [-0.25, -0.2) is 4.98 Å². The van der Waals surface area contributed by atoms with Crippen LogP contribution >= 0.6 is 0 Å². The molecule has 0 aromatic carbocycles. The average molecular weight is 234 g/mol. The minimum atomic E-state index is -0.538. The highest BCUT2D eigenvalue weighted by atomic mass is 16.5. The van der Waals surface area contributed by atoms with Crippen LogP contribution in [-0.2, 0) is 9.53 Å². The summed E-state index contributed by atoms with van der Waals surface area (Å²) in [4.78, 5) is 15.6. The van der Waals surface area contributed by atoms with Crippen LogP contribution in [0.25, 0.3) is 0 Å². The van der Waals surface area contributed by atoms with Crippen LogP contribution < -0.4 is 5.32 Å². The van der Waals surface area contributed by atoms with E-state index < -0.39 is 6.10 Å². The van der Waals surface area contributed by atoms with Gasteiger partial charge in [0.1, 0.15) is 24.2 Å². The molecule has 0 radical (unpaired) electrons. The van der Waals surface area contributed by atoms with Crippen LogP contribution in [0.5, 0.6) is 0 Å². The molecule has 90 valence electrons. The number of carbonyl (C=O) groups excluding carboxylic acids is 1. The van der Waals surface area contributed by atoms with E-state index in [0.29, 0.717) is 11.5 Å². The highest BCUT2D eigenvalue weighted by Gasteiger charge is 2.11. The predicted molar refractivity (Wildman–Crippen MR) is 63.3 cm³/mol. The Kier molecular flexibility index (Phi) is 5.14. The second-order valence-electron chi connectivity index (χ2n) is 3.24. The number of hydrogen-bond acceptors (Lipinski definition) is 4. The van der Waals surface area contributed by atoms with Crippen molar-refractivity contribution in [3.8, 4) is 11.8 Å². The number of methoxy groups -OCH3 is 1. The SMILES string of the molecule is COC(C)C(=O)Nc1cccc(C#CCO)n1. The summed E-state index contributed by atoms with van der Waals surface area (Å²) in [5, 5.41) is 11.2. The molecule has 1 aromatic rings. The zero-order valence-corrected chi connectivity index (χ0v) is 9.73. The molecule has 0 saturated heterocycles. The van der Waals surface area contributed by atoms with Crippen molar-refractivity contribution < 1.29 is 14.6 Å². The van der Waals surface area contributed by atoms with Gasteiger partial charge < -0.3 is 15.2 Å². The summed E-state index contributed by atoms with van der Waals surface area (Å²) >= 11 is 0. The number of nitrogens with one attached hydrogen (secondary N) is 1. The summed E-state index contributed by atoms with van der Waals surface area (Å²) < 4.78 is 4.88. The fourth-order valence-electron chi connectivity index (χ4n) is 1.04. The minimum absolute atomic E-state index is 0.223. The van der Waals surface area contributed by atoms with Crippen molar-refractivity contribution in [1.82, 2.24) is 4.98 Å². The highest BCUT2D eigenvalue weighted by molar-refractivity contribution is 5.93. The molecule has 1 amide bonds. The van der Waals surface area contributed by atoms with Crippen LogP contribution in [0.4, 0.5) is 5.82 Å². The van der Waals surface area contributed by atoms with Crippen molar-refractivity contribution in [3.63, 3.8) is 0 Å². The summed E-state index contributed by atoms with van der Waals surface area (Å²) in [5.41, 5.74) is 0.488. The number of ether oxygens (including phenoxy) is 1. The molecular formula is C12H14N2O3. The fourth-order valence-corrected chi connectivity index (χ4v) is 1.04. The van der Waals surface area contributed by atoms with Gasteiger partial charge in [0.2, 0.25) is 0 Å². The Hall–Kier alpha value is -1.90. The molecule has 0 aliphatic carbocycles. The third-order valence-corrected chi connectivity index (χ3v) is 2.02. The Morgan fingerprint density at radius 2 is 2.41 bits per heavy atom. The van der Waals surface area contributed by atoms with Gasteiger partial charge in [-0.05, 0) is 25.0 Å². The summed E-state index contributed by atoms with van der Waals surface area (Å²) in [7, 11) is 1.46. The molecule has 2 N–H and O–H groups in total. The Bertz CT molecular complexity index is 449. The molecule has 0 spiro atoms. The molecular weight excluding hydrogens is 220 g/mol. The predicted octanol–water partition coefficient (Wildman–Crippen LogP) is 0.399. The Morgan fingerprint density at radius 3 is 3.06 bits per heavy atom. The first kappa shape index (κ1) is 13.2. The maximum absolute atomic E-state index is 11.5. The zero-order valence-electron chi connectivity index (χ0n) is 9.73. The molecule has 5 heteroatoms. The zero-order chi connectivity index (χ0) is 12.7. The third kappa shape index (κ3) is 4.23. The molecule has 0 bridgehead atoms. The van der Waals surface area contributed by atoms with Gasteiger partial charge in [0, 0.05) is 7.11 Å². The number of aromatic nitrogens is 1. The number of rotatable bonds is 3. The van der Waals surface area contributed by atoms with E-state index in [1.165, 1.54) is 7.11 Å². The lowest BCUT2D eigenvalue weighted by Gasteiger charge is -2.09. The lowest BCUT2D eigenvalue weighted by Crippen LogP contribution is -2.26. The summed E-state index contributed by atoms with van der Waals surface area (Å²) in [5.74, 6) is 5.28. The number of nitrogens with zero attached hydrogens (tertiary/aromatic N) is 1. The number of hydrogen-bond donors (Lipinski definition) is 2. The number of amides is 1. The van der Waals surface area contributed by atoms with Crippen LogP contribution in [0, 0.1) is 11.8 Å². The van der Waals surface area contributed by atoms with Gasteiger partial charge in [-0.1, -0.05) is 12.0 Å². The van der Waals surface area contributed by atoms with Crippen LogP contribution in [0.15, 0.2) is 18.2 Å². The molecule has 0 fully saturated rings. The average Bonchev–Trinajstić information content (AvgIpc) is 2.35. The largest absolute Gasteiger partial charge is 0.384 e. The second-order valence-corrected chi connectivity index (χ2v) is 3.24. The van der Waals surface area contributed by atoms with Crippen LogP contribution in [0.2, 0.25) is 0 Å². The first-order chi connectivity index (χ1) is 8.17. The summed E-state index contributed by atoms with van der Waals surface area (Å²) in [6, 6.07) is 5.07. The standard InChI is InChI=1S/C12H14N2O3/c1-9(17-2)12(16)14-11-7-3-5-10(13-11)6-4-8-15/h3,5,7,9,15H,8H2,1-2H3,(H,13,14,16). The van der Waals surface area contributed by atoms with E-state index in [4.69, 9.17) is 9.84 Å². The van der Waals surface area contributed by atoms with E-state index >= 15 is 0 Å². The third-order valence-electron chi connectivity index (χ3n) is 2.02. The lowest BCUT2D eigenvalue weighted by atomic mass is 10.3. The Labute approximate surface area is 99.8 Å². The van der Waals surface area contributed by atoms with Gasteiger partial charge in [0.15, 0.2) is 0 Å². The molecule has 17 heavy (non-hydrogen) atoms. The van der Waals surface area contributed by atoms with E-state index in [-0.39, 0.29) is 12.5 Å². The van der Waals surface area contributed by atoms with Crippen LogP contribution in [0.1, 0.15) is 12.6 Å².